The van der Waals surface area contributed by atoms with Gasteiger partial charge in [0.25, 0.3) is 0 Å². The summed E-state index contributed by atoms with van der Waals surface area (Å²) in [7, 11) is 0. The summed E-state index contributed by atoms with van der Waals surface area (Å²) >= 11 is 1.63. The van der Waals surface area contributed by atoms with E-state index in [1.165, 1.54) is 12.8 Å². The van der Waals surface area contributed by atoms with Crippen molar-refractivity contribution >= 4 is 21.4 Å². The second-order valence-corrected chi connectivity index (χ2v) is 7.90. The first kappa shape index (κ1) is 14.9. The number of hydrogen-bond donors (Lipinski definition) is 1. The maximum absolute atomic E-state index is 14.2. The molecule has 2 nitrogen and oxygen atoms in total. The molecule has 1 fully saturated rings. The molecule has 2 heterocycles. The number of rotatable bonds is 3. The van der Waals surface area contributed by atoms with Gasteiger partial charge in [-0.25, -0.2) is 4.39 Å². The van der Waals surface area contributed by atoms with Crippen LogP contribution < -0.4 is 5.73 Å². The number of hydrogen-bond acceptors (Lipinski definition) is 3. The second-order valence-electron chi connectivity index (χ2n) is 6.76. The van der Waals surface area contributed by atoms with Crippen molar-refractivity contribution in [2.24, 2.45) is 11.1 Å². The molecule has 1 aliphatic heterocycles. The largest absolute Gasteiger partial charge is 0.326 e. The SMILES string of the molecule is CC1(C)CCN(Cc2c(CN)sc3cccc(F)c23)CC1. The number of benzene rings is 1. The predicted molar refractivity (Wildman–Crippen MR) is 88.0 cm³/mol. The van der Waals surface area contributed by atoms with Crippen LogP contribution in [0.3, 0.4) is 0 Å². The Kier molecular flexibility index (Phi) is 4.04. The van der Waals surface area contributed by atoms with E-state index in [0.717, 1.165) is 40.2 Å². The molecule has 1 aromatic heterocycles. The minimum Gasteiger partial charge on any atom is -0.326 e. The average Bonchev–Trinajstić information content (AvgIpc) is 2.80. The van der Waals surface area contributed by atoms with Crippen LogP contribution in [0.5, 0.6) is 0 Å². The molecular weight excluding hydrogens is 283 g/mol. The molecule has 0 unspecified atom stereocenters. The Labute approximate surface area is 129 Å². The van der Waals surface area contributed by atoms with E-state index in [1.54, 1.807) is 23.5 Å². The molecule has 21 heavy (non-hydrogen) atoms. The fraction of sp³-hybridized carbons (Fsp3) is 0.529. The lowest BCUT2D eigenvalue weighted by Gasteiger charge is -2.37. The van der Waals surface area contributed by atoms with Crippen LogP contribution in [0.15, 0.2) is 18.2 Å². The van der Waals surface area contributed by atoms with Crippen molar-refractivity contribution < 1.29 is 4.39 Å². The smallest absolute Gasteiger partial charge is 0.132 e. The third kappa shape index (κ3) is 2.98. The van der Waals surface area contributed by atoms with E-state index in [2.05, 4.69) is 18.7 Å². The first-order valence-electron chi connectivity index (χ1n) is 7.61. The molecule has 0 radical (unpaired) electrons. The fourth-order valence-electron chi connectivity index (χ4n) is 3.09. The zero-order valence-corrected chi connectivity index (χ0v) is 13.6. The zero-order chi connectivity index (χ0) is 15.0. The molecule has 1 saturated heterocycles. The van der Waals surface area contributed by atoms with E-state index < -0.39 is 0 Å². The number of nitrogens with zero attached hydrogens (tertiary/aromatic N) is 1. The van der Waals surface area contributed by atoms with E-state index in [0.29, 0.717) is 12.0 Å². The normalized spacial score (nSPS) is 19.2. The van der Waals surface area contributed by atoms with Crippen molar-refractivity contribution in [3.8, 4) is 0 Å². The maximum atomic E-state index is 14.2. The molecule has 0 spiro atoms. The summed E-state index contributed by atoms with van der Waals surface area (Å²) < 4.78 is 15.2. The van der Waals surface area contributed by atoms with Crippen LogP contribution in [0.4, 0.5) is 4.39 Å². The van der Waals surface area contributed by atoms with Gasteiger partial charge in [-0.3, -0.25) is 4.90 Å². The van der Waals surface area contributed by atoms with Crippen molar-refractivity contribution in [1.29, 1.82) is 0 Å². The van der Waals surface area contributed by atoms with Gasteiger partial charge >= 0.3 is 0 Å². The summed E-state index contributed by atoms with van der Waals surface area (Å²) in [5.41, 5.74) is 7.43. The number of likely N-dealkylation sites (tertiary alicyclic amines) is 1. The monoisotopic (exact) mass is 306 g/mol. The number of nitrogens with two attached hydrogens (primary N) is 1. The Morgan fingerprint density at radius 1 is 1.29 bits per heavy atom. The summed E-state index contributed by atoms with van der Waals surface area (Å²) in [5.74, 6) is -0.115. The molecule has 0 saturated carbocycles. The molecule has 2 N–H and O–H groups in total. The molecular formula is C17H23FN2S. The van der Waals surface area contributed by atoms with E-state index in [4.69, 9.17) is 5.73 Å². The highest BCUT2D eigenvalue weighted by Crippen LogP contribution is 2.36. The Morgan fingerprint density at radius 3 is 2.67 bits per heavy atom. The van der Waals surface area contributed by atoms with Crippen LogP contribution in [0.25, 0.3) is 10.1 Å². The zero-order valence-electron chi connectivity index (χ0n) is 12.8. The molecule has 3 rings (SSSR count). The predicted octanol–water partition coefficient (Wildman–Crippen LogP) is 4.12. The molecule has 0 bridgehead atoms. The maximum Gasteiger partial charge on any atom is 0.132 e. The van der Waals surface area contributed by atoms with E-state index >= 15 is 0 Å². The summed E-state index contributed by atoms with van der Waals surface area (Å²) in [6, 6.07) is 5.32. The van der Waals surface area contributed by atoms with Crippen LogP contribution in [0.1, 0.15) is 37.1 Å². The third-order valence-corrected chi connectivity index (χ3v) is 5.84. The average molecular weight is 306 g/mol. The standard InChI is InChI=1S/C17H23FN2S/c1-17(2)6-8-20(9-7-17)11-12-15(10-19)21-14-5-3-4-13(18)16(12)14/h3-5H,6-11,19H2,1-2H3. The van der Waals surface area contributed by atoms with Crippen LogP contribution in [0, 0.1) is 11.2 Å². The lowest BCUT2D eigenvalue weighted by atomic mass is 9.82. The molecule has 0 aliphatic carbocycles. The van der Waals surface area contributed by atoms with Crippen LogP contribution in [-0.4, -0.2) is 18.0 Å². The van der Waals surface area contributed by atoms with Gasteiger partial charge in [0, 0.05) is 28.1 Å². The van der Waals surface area contributed by atoms with Gasteiger partial charge in [0.2, 0.25) is 0 Å². The molecule has 1 aromatic carbocycles. The van der Waals surface area contributed by atoms with Gasteiger partial charge in [0.1, 0.15) is 5.82 Å². The van der Waals surface area contributed by atoms with E-state index in [-0.39, 0.29) is 5.82 Å². The fourth-order valence-corrected chi connectivity index (χ4v) is 4.20. The van der Waals surface area contributed by atoms with Gasteiger partial charge in [0.15, 0.2) is 0 Å². The lowest BCUT2D eigenvalue weighted by Crippen LogP contribution is -2.36. The quantitative estimate of drug-likeness (QED) is 0.924. The van der Waals surface area contributed by atoms with Gasteiger partial charge in [-0.1, -0.05) is 19.9 Å². The number of piperidine rings is 1. The molecule has 2 aromatic rings. The van der Waals surface area contributed by atoms with Crippen molar-refractivity contribution in [1.82, 2.24) is 4.90 Å². The third-order valence-electron chi connectivity index (χ3n) is 4.62. The molecule has 114 valence electrons. The van der Waals surface area contributed by atoms with Gasteiger partial charge < -0.3 is 5.73 Å². The van der Waals surface area contributed by atoms with Crippen molar-refractivity contribution in [3.05, 3.63) is 34.5 Å². The summed E-state index contributed by atoms with van der Waals surface area (Å²) in [6.45, 7) is 8.15. The number of fused-ring (bicyclic) bond motifs is 1. The second kappa shape index (κ2) is 5.67. The minimum atomic E-state index is -0.115. The Hall–Kier alpha value is -0.970. The first-order valence-corrected chi connectivity index (χ1v) is 8.43. The molecule has 0 amide bonds. The van der Waals surface area contributed by atoms with E-state index in [1.807, 2.05) is 6.07 Å². The Balaban J connectivity index is 1.90. The van der Waals surface area contributed by atoms with Crippen molar-refractivity contribution in [2.75, 3.05) is 13.1 Å². The number of halogens is 1. The van der Waals surface area contributed by atoms with Gasteiger partial charge in [-0.15, -0.1) is 11.3 Å². The van der Waals surface area contributed by atoms with E-state index in [9.17, 15) is 4.39 Å². The molecule has 1 aliphatic rings. The van der Waals surface area contributed by atoms with Crippen LogP contribution in [-0.2, 0) is 13.1 Å². The number of thiophene rings is 1. The topological polar surface area (TPSA) is 29.3 Å². The molecule has 0 atom stereocenters. The minimum absolute atomic E-state index is 0.115. The summed E-state index contributed by atoms with van der Waals surface area (Å²) in [5, 5.41) is 0.785. The first-order chi connectivity index (χ1) is 10.00. The molecule has 4 heteroatoms. The Bertz CT molecular complexity index is 638. The highest BCUT2D eigenvalue weighted by atomic mass is 32.1. The van der Waals surface area contributed by atoms with Gasteiger partial charge in [-0.05, 0) is 49.0 Å². The Morgan fingerprint density at radius 2 is 2.00 bits per heavy atom. The summed E-state index contributed by atoms with van der Waals surface area (Å²) in [4.78, 5) is 3.57. The highest BCUT2D eigenvalue weighted by Gasteiger charge is 2.26. The lowest BCUT2D eigenvalue weighted by molar-refractivity contribution is 0.127. The van der Waals surface area contributed by atoms with Crippen molar-refractivity contribution in [2.45, 2.75) is 39.8 Å². The van der Waals surface area contributed by atoms with Gasteiger partial charge in [0.05, 0.1) is 0 Å². The van der Waals surface area contributed by atoms with Crippen LogP contribution in [0.2, 0.25) is 0 Å². The van der Waals surface area contributed by atoms with Crippen LogP contribution >= 0.6 is 11.3 Å². The van der Waals surface area contributed by atoms with Gasteiger partial charge in [-0.2, -0.15) is 0 Å². The summed E-state index contributed by atoms with van der Waals surface area (Å²) in [6.07, 6.45) is 2.41. The van der Waals surface area contributed by atoms with Crippen molar-refractivity contribution in [3.63, 3.8) is 0 Å². The highest BCUT2D eigenvalue weighted by molar-refractivity contribution is 7.19.